The molecule has 0 unspecified atom stereocenters. The normalized spacial score (nSPS) is 11.5. The summed E-state index contributed by atoms with van der Waals surface area (Å²) in [5.74, 6) is -0.542. The van der Waals surface area contributed by atoms with Gasteiger partial charge in [-0.05, 0) is 6.42 Å². The van der Waals surface area contributed by atoms with Crippen molar-refractivity contribution in [2.75, 3.05) is 7.11 Å². The van der Waals surface area contributed by atoms with Gasteiger partial charge in [-0.1, -0.05) is 19.4 Å². The van der Waals surface area contributed by atoms with E-state index in [0.717, 1.165) is 5.57 Å². The first-order valence-corrected chi connectivity index (χ1v) is 3.32. The van der Waals surface area contributed by atoms with Crippen molar-refractivity contribution in [1.29, 1.82) is 0 Å². The van der Waals surface area contributed by atoms with Crippen LogP contribution in [0.15, 0.2) is 11.3 Å². The van der Waals surface area contributed by atoms with Gasteiger partial charge in [0.25, 0.3) is 5.70 Å². The highest BCUT2D eigenvalue weighted by Gasteiger charge is 2.11. The average molecular weight is 153 g/mol. The Morgan fingerprint density at radius 3 is 2.45 bits per heavy atom. The fraction of sp³-hybridized carbons (Fsp3) is 0.500. The molecule has 0 aliphatic carbocycles. The molecule has 3 heteroatoms. The van der Waals surface area contributed by atoms with E-state index in [9.17, 15) is 4.79 Å². The van der Waals surface area contributed by atoms with Crippen LogP contribution in [0, 0.1) is 6.57 Å². The monoisotopic (exact) mass is 153 g/mol. The zero-order chi connectivity index (χ0) is 8.85. The van der Waals surface area contributed by atoms with Gasteiger partial charge in [-0.15, -0.1) is 0 Å². The van der Waals surface area contributed by atoms with Gasteiger partial charge in [0.05, 0.1) is 13.7 Å². The molecule has 0 saturated carbocycles. The van der Waals surface area contributed by atoms with Gasteiger partial charge in [0.15, 0.2) is 0 Å². The SMILES string of the molecule is [C-]#[N+]/C(C(=O)OC)=C(\C)CC. The fourth-order valence-electron chi connectivity index (χ4n) is 0.579. The smallest absolute Gasteiger partial charge is 0.335 e. The summed E-state index contributed by atoms with van der Waals surface area (Å²) in [5, 5.41) is 0. The van der Waals surface area contributed by atoms with E-state index in [1.54, 1.807) is 6.92 Å². The first-order chi connectivity index (χ1) is 5.17. The van der Waals surface area contributed by atoms with Crippen LogP contribution in [0.25, 0.3) is 4.85 Å². The minimum absolute atomic E-state index is 0.106. The Labute approximate surface area is 66.5 Å². The lowest BCUT2D eigenvalue weighted by Crippen LogP contribution is -2.03. The first-order valence-electron chi connectivity index (χ1n) is 3.32. The molecular weight excluding hydrogens is 142 g/mol. The van der Waals surface area contributed by atoms with E-state index in [-0.39, 0.29) is 5.70 Å². The third-order valence-corrected chi connectivity index (χ3v) is 1.43. The second kappa shape index (κ2) is 4.51. The third-order valence-electron chi connectivity index (χ3n) is 1.43. The van der Waals surface area contributed by atoms with Gasteiger partial charge in [-0.2, -0.15) is 0 Å². The van der Waals surface area contributed by atoms with Crippen molar-refractivity contribution in [3.63, 3.8) is 0 Å². The van der Waals surface area contributed by atoms with E-state index in [4.69, 9.17) is 6.57 Å². The number of hydrogen-bond acceptors (Lipinski definition) is 2. The number of ether oxygens (including phenoxy) is 1. The molecular formula is C8H11NO2. The second-order valence-corrected chi connectivity index (χ2v) is 2.09. The molecule has 0 saturated heterocycles. The fourth-order valence-corrected chi connectivity index (χ4v) is 0.579. The maximum atomic E-state index is 10.8. The molecule has 0 heterocycles. The summed E-state index contributed by atoms with van der Waals surface area (Å²) in [6.07, 6.45) is 0.701. The Morgan fingerprint density at radius 2 is 2.18 bits per heavy atom. The zero-order valence-corrected chi connectivity index (χ0v) is 6.97. The summed E-state index contributed by atoms with van der Waals surface area (Å²) in [6, 6.07) is 0. The Balaban J connectivity index is 4.69. The van der Waals surface area contributed by atoms with Crippen LogP contribution in [0.4, 0.5) is 0 Å². The summed E-state index contributed by atoms with van der Waals surface area (Å²) in [7, 11) is 1.27. The van der Waals surface area contributed by atoms with E-state index < -0.39 is 5.97 Å². The molecule has 0 rings (SSSR count). The summed E-state index contributed by atoms with van der Waals surface area (Å²) in [6.45, 7) is 10.3. The van der Waals surface area contributed by atoms with E-state index in [1.807, 2.05) is 6.92 Å². The molecule has 0 amide bonds. The van der Waals surface area contributed by atoms with Crippen molar-refractivity contribution >= 4 is 5.97 Å². The van der Waals surface area contributed by atoms with Crippen LogP contribution in [-0.4, -0.2) is 13.1 Å². The lowest BCUT2D eigenvalue weighted by Gasteiger charge is -1.99. The van der Waals surface area contributed by atoms with Crippen LogP contribution >= 0.6 is 0 Å². The number of carbonyl (C=O) groups is 1. The molecule has 0 aromatic carbocycles. The van der Waals surface area contributed by atoms with Crippen molar-refractivity contribution in [1.82, 2.24) is 0 Å². The number of allylic oxidation sites excluding steroid dienone is 1. The predicted molar refractivity (Wildman–Crippen MR) is 41.6 cm³/mol. The number of carbonyl (C=O) groups excluding carboxylic acids is 1. The van der Waals surface area contributed by atoms with Crippen LogP contribution in [-0.2, 0) is 9.53 Å². The van der Waals surface area contributed by atoms with Crippen molar-refractivity contribution < 1.29 is 9.53 Å². The molecule has 11 heavy (non-hydrogen) atoms. The highest BCUT2D eigenvalue weighted by Crippen LogP contribution is 2.10. The minimum atomic E-state index is -0.542. The van der Waals surface area contributed by atoms with Crippen LogP contribution in [0.2, 0.25) is 0 Å². The number of methoxy groups -OCH3 is 1. The van der Waals surface area contributed by atoms with Gasteiger partial charge in [0, 0.05) is 0 Å². The van der Waals surface area contributed by atoms with Gasteiger partial charge < -0.3 is 4.74 Å². The molecule has 3 nitrogen and oxygen atoms in total. The molecule has 0 bridgehead atoms. The van der Waals surface area contributed by atoms with Gasteiger partial charge in [0.1, 0.15) is 0 Å². The molecule has 0 radical (unpaired) electrons. The number of nitrogens with zero attached hydrogens (tertiary/aromatic N) is 1. The van der Waals surface area contributed by atoms with Crippen molar-refractivity contribution in [3.8, 4) is 0 Å². The van der Waals surface area contributed by atoms with E-state index >= 15 is 0 Å². The zero-order valence-electron chi connectivity index (χ0n) is 6.97. The molecule has 0 atom stereocenters. The van der Waals surface area contributed by atoms with Gasteiger partial charge in [0.2, 0.25) is 0 Å². The van der Waals surface area contributed by atoms with Crippen molar-refractivity contribution in [2.45, 2.75) is 20.3 Å². The van der Waals surface area contributed by atoms with Crippen molar-refractivity contribution in [2.24, 2.45) is 0 Å². The lowest BCUT2D eigenvalue weighted by molar-refractivity contribution is -0.135. The molecule has 0 aromatic rings. The molecule has 60 valence electrons. The third kappa shape index (κ3) is 2.42. The Bertz CT molecular complexity index is 223. The largest absolute Gasteiger partial charge is 0.474 e. The highest BCUT2D eigenvalue weighted by molar-refractivity contribution is 5.91. The standard InChI is InChI=1S/C8H11NO2/c1-5-6(2)7(9-3)8(10)11-4/h5H2,1-2,4H3/b7-6+. The number of rotatable bonds is 2. The molecule has 0 aliphatic heterocycles. The van der Waals surface area contributed by atoms with Crippen LogP contribution in [0.3, 0.4) is 0 Å². The highest BCUT2D eigenvalue weighted by atomic mass is 16.5. The summed E-state index contributed by atoms with van der Waals surface area (Å²) >= 11 is 0. The number of hydrogen-bond donors (Lipinski definition) is 0. The maximum Gasteiger partial charge on any atom is 0.335 e. The van der Waals surface area contributed by atoms with Gasteiger partial charge in [-0.3, -0.25) is 4.79 Å². The summed E-state index contributed by atoms with van der Waals surface area (Å²) < 4.78 is 4.42. The van der Waals surface area contributed by atoms with E-state index in [2.05, 4.69) is 9.58 Å². The van der Waals surface area contributed by atoms with Gasteiger partial charge >= 0.3 is 5.97 Å². The predicted octanol–water partition coefficient (Wildman–Crippen LogP) is 1.76. The summed E-state index contributed by atoms with van der Waals surface area (Å²) in [4.78, 5) is 13.9. The van der Waals surface area contributed by atoms with Crippen molar-refractivity contribution in [3.05, 3.63) is 22.7 Å². The average Bonchev–Trinajstić information content (AvgIpc) is 2.05. The lowest BCUT2D eigenvalue weighted by atomic mass is 10.2. The quantitative estimate of drug-likeness (QED) is 0.344. The Hall–Kier alpha value is -1.30. The molecule has 0 aromatic heterocycles. The Morgan fingerprint density at radius 1 is 1.64 bits per heavy atom. The van der Waals surface area contributed by atoms with Crippen LogP contribution in [0.5, 0.6) is 0 Å². The van der Waals surface area contributed by atoms with Crippen LogP contribution < -0.4 is 0 Å². The van der Waals surface area contributed by atoms with Gasteiger partial charge in [-0.25, -0.2) is 4.85 Å². The molecule has 0 N–H and O–H groups in total. The maximum absolute atomic E-state index is 10.8. The van der Waals surface area contributed by atoms with Crippen LogP contribution in [0.1, 0.15) is 20.3 Å². The van der Waals surface area contributed by atoms with E-state index in [1.165, 1.54) is 7.11 Å². The number of esters is 1. The molecule has 0 fully saturated rings. The summed E-state index contributed by atoms with van der Waals surface area (Å²) in [5.41, 5.74) is 0.877. The second-order valence-electron chi connectivity index (χ2n) is 2.09. The first kappa shape index (κ1) is 9.70. The molecule has 0 spiro atoms. The van der Waals surface area contributed by atoms with E-state index in [0.29, 0.717) is 6.42 Å². The minimum Gasteiger partial charge on any atom is -0.474 e. The Kier molecular flexibility index (Phi) is 3.97. The molecule has 0 aliphatic rings. The topological polar surface area (TPSA) is 30.7 Å².